The van der Waals surface area contributed by atoms with E-state index in [1.54, 1.807) is 0 Å². The van der Waals surface area contributed by atoms with E-state index in [-0.39, 0.29) is 0 Å². The first-order chi connectivity index (χ1) is 6.15. The van der Waals surface area contributed by atoms with E-state index in [0.29, 0.717) is 6.61 Å². The van der Waals surface area contributed by atoms with Gasteiger partial charge in [0, 0.05) is 19.2 Å². The Kier molecular flexibility index (Phi) is 4.20. The molecule has 1 heterocycles. The van der Waals surface area contributed by atoms with E-state index in [0.717, 1.165) is 30.7 Å². The maximum atomic E-state index is 8.77. The minimum Gasteiger partial charge on any atom is -0.396 e. The lowest BCUT2D eigenvalue weighted by atomic mass is 9.92. The highest BCUT2D eigenvalue weighted by Crippen LogP contribution is 2.29. The van der Waals surface area contributed by atoms with Crippen LogP contribution in [0.15, 0.2) is 0 Å². The summed E-state index contributed by atoms with van der Waals surface area (Å²) in [6, 6.07) is 0.722. The first-order valence-electron chi connectivity index (χ1n) is 5.46. The zero-order chi connectivity index (χ0) is 9.84. The van der Waals surface area contributed by atoms with E-state index in [4.69, 9.17) is 5.11 Å². The molecule has 2 atom stereocenters. The highest BCUT2D eigenvalue weighted by atomic mass is 16.2. The molecule has 2 nitrogen and oxygen atoms in total. The second kappa shape index (κ2) is 4.97. The summed E-state index contributed by atoms with van der Waals surface area (Å²) in [5.41, 5.74) is 0. The predicted molar refractivity (Wildman–Crippen MR) is 55.7 cm³/mol. The van der Waals surface area contributed by atoms with Crippen molar-refractivity contribution in [2.45, 2.75) is 39.2 Å². The lowest BCUT2D eigenvalue weighted by Crippen LogP contribution is -2.25. The Balaban J connectivity index is 2.33. The summed E-state index contributed by atoms with van der Waals surface area (Å²) in [6.07, 6.45) is 3.45. The predicted octanol–water partition coefficient (Wildman–Crippen LogP) is 1.74. The van der Waals surface area contributed by atoms with Crippen molar-refractivity contribution in [1.82, 2.24) is 4.90 Å². The number of rotatable bonds is 4. The number of aliphatic hydroxyl groups is 1. The topological polar surface area (TPSA) is 23.5 Å². The molecular weight excluding hydrogens is 162 g/mol. The van der Waals surface area contributed by atoms with Crippen molar-refractivity contribution >= 4 is 0 Å². The van der Waals surface area contributed by atoms with Gasteiger partial charge in [0.1, 0.15) is 0 Å². The van der Waals surface area contributed by atoms with Crippen molar-refractivity contribution in [3.05, 3.63) is 0 Å². The van der Waals surface area contributed by atoms with Crippen LogP contribution in [0.1, 0.15) is 33.1 Å². The average molecular weight is 185 g/mol. The van der Waals surface area contributed by atoms with Crippen LogP contribution in [0, 0.1) is 11.8 Å². The first-order valence-corrected chi connectivity index (χ1v) is 5.46. The van der Waals surface area contributed by atoms with Crippen molar-refractivity contribution in [2.24, 2.45) is 11.8 Å². The fraction of sp³-hybridized carbons (Fsp3) is 1.00. The highest BCUT2D eigenvalue weighted by Gasteiger charge is 2.30. The second-order valence-electron chi connectivity index (χ2n) is 4.70. The SMILES string of the molecule is CC(C)C1CC(CCCO)N(C)C1. The Labute approximate surface area is 81.9 Å². The summed E-state index contributed by atoms with van der Waals surface area (Å²) >= 11 is 0. The van der Waals surface area contributed by atoms with E-state index in [1.807, 2.05) is 0 Å². The molecular formula is C11H23NO. The molecule has 0 aromatic carbocycles. The van der Waals surface area contributed by atoms with Gasteiger partial charge in [0.05, 0.1) is 0 Å². The summed E-state index contributed by atoms with van der Waals surface area (Å²) in [7, 11) is 2.21. The molecule has 2 heteroatoms. The summed E-state index contributed by atoms with van der Waals surface area (Å²) in [5.74, 6) is 1.68. The van der Waals surface area contributed by atoms with Gasteiger partial charge >= 0.3 is 0 Å². The number of hydrogen-bond donors (Lipinski definition) is 1. The van der Waals surface area contributed by atoms with Crippen molar-refractivity contribution in [3.8, 4) is 0 Å². The van der Waals surface area contributed by atoms with Gasteiger partial charge in [-0.1, -0.05) is 13.8 Å². The van der Waals surface area contributed by atoms with Gasteiger partial charge in [0.15, 0.2) is 0 Å². The standard InChI is InChI=1S/C11H23NO/c1-9(2)10-7-11(5-4-6-13)12(3)8-10/h9-11,13H,4-8H2,1-3H3. The molecule has 1 saturated heterocycles. The van der Waals surface area contributed by atoms with Crippen LogP contribution in [-0.4, -0.2) is 36.2 Å². The molecule has 0 amide bonds. The Morgan fingerprint density at radius 3 is 2.62 bits per heavy atom. The molecule has 0 saturated carbocycles. The van der Waals surface area contributed by atoms with Gasteiger partial charge in [-0.15, -0.1) is 0 Å². The van der Waals surface area contributed by atoms with E-state index in [2.05, 4.69) is 25.8 Å². The molecule has 0 bridgehead atoms. The fourth-order valence-electron chi connectivity index (χ4n) is 2.27. The zero-order valence-electron chi connectivity index (χ0n) is 9.16. The van der Waals surface area contributed by atoms with Crippen LogP contribution in [0.2, 0.25) is 0 Å². The third-order valence-electron chi connectivity index (χ3n) is 3.36. The van der Waals surface area contributed by atoms with E-state index < -0.39 is 0 Å². The molecule has 0 radical (unpaired) electrons. The molecule has 1 aliphatic rings. The van der Waals surface area contributed by atoms with Gasteiger partial charge in [0.25, 0.3) is 0 Å². The minimum absolute atomic E-state index is 0.344. The number of hydrogen-bond acceptors (Lipinski definition) is 2. The third kappa shape index (κ3) is 2.96. The monoisotopic (exact) mass is 185 g/mol. The van der Waals surface area contributed by atoms with E-state index in [9.17, 15) is 0 Å². The van der Waals surface area contributed by atoms with Crippen LogP contribution in [0.4, 0.5) is 0 Å². The smallest absolute Gasteiger partial charge is 0.0431 e. The van der Waals surface area contributed by atoms with Gasteiger partial charge in [-0.25, -0.2) is 0 Å². The molecule has 0 aliphatic carbocycles. The highest BCUT2D eigenvalue weighted by molar-refractivity contribution is 4.84. The van der Waals surface area contributed by atoms with Crippen LogP contribution < -0.4 is 0 Å². The summed E-state index contributed by atoms with van der Waals surface area (Å²) in [4.78, 5) is 2.46. The van der Waals surface area contributed by atoms with Crippen LogP contribution in [0.25, 0.3) is 0 Å². The van der Waals surface area contributed by atoms with Gasteiger partial charge in [-0.3, -0.25) is 0 Å². The number of aliphatic hydroxyl groups excluding tert-OH is 1. The number of nitrogens with zero attached hydrogens (tertiary/aromatic N) is 1. The van der Waals surface area contributed by atoms with Gasteiger partial charge in [-0.2, -0.15) is 0 Å². The van der Waals surface area contributed by atoms with Crippen LogP contribution in [0.3, 0.4) is 0 Å². The van der Waals surface area contributed by atoms with Gasteiger partial charge in [-0.05, 0) is 38.1 Å². The van der Waals surface area contributed by atoms with E-state index >= 15 is 0 Å². The first kappa shape index (κ1) is 11.0. The zero-order valence-corrected chi connectivity index (χ0v) is 9.16. The fourth-order valence-corrected chi connectivity index (χ4v) is 2.27. The molecule has 13 heavy (non-hydrogen) atoms. The lowest BCUT2D eigenvalue weighted by molar-refractivity contribution is 0.242. The van der Waals surface area contributed by atoms with Crippen molar-refractivity contribution < 1.29 is 5.11 Å². The quantitative estimate of drug-likeness (QED) is 0.721. The molecule has 1 rings (SSSR count). The normalized spacial score (nSPS) is 30.2. The third-order valence-corrected chi connectivity index (χ3v) is 3.36. The van der Waals surface area contributed by atoms with Crippen molar-refractivity contribution in [1.29, 1.82) is 0 Å². The Hall–Kier alpha value is -0.0800. The van der Waals surface area contributed by atoms with Crippen LogP contribution in [0.5, 0.6) is 0 Å². The summed E-state index contributed by atoms with van der Waals surface area (Å²) in [5, 5.41) is 8.77. The maximum absolute atomic E-state index is 8.77. The Bertz CT molecular complexity index is 147. The molecule has 0 spiro atoms. The van der Waals surface area contributed by atoms with Gasteiger partial charge < -0.3 is 10.0 Å². The largest absolute Gasteiger partial charge is 0.396 e. The Morgan fingerprint density at radius 1 is 1.46 bits per heavy atom. The van der Waals surface area contributed by atoms with Crippen molar-refractivity contribution in [2.75, 3.05) is 20.2 Å². The van der Waals surface area contributed by atoms with Crippen LogP contribution >= 0.6 is 0 Å². The molecule has 0 aromatic heterocycles. The van der Waals surface area contributed by atoms with Crippen LogP contribution in [-0.2, 0) is 0 Å². The molecule has 2 unspecified atom stereocenters. The Morgan fingerprint density at radius 2 is 2.15 bits per heavy atom. The molecule has 1 N–H and O–H groups in total. The second-order valence-corrected chi connectivity index (χ2v) is 4.70. The van der Waals surface area contributed by atoms with Gasteiger partial charge in [0.2, 0.25) is 0 Å². The molecule has 78 valence electrons. The number of likely N-dealkylation sites (tertiary alicyclic amines) is 1. The van der Waals surface area contributed by atoms with E-state index in [1.165, 1.54) is 13.0 Å². The average Bonchev–Trinajstić information content (AvgIpc) is 2.44. The molecule has 1 fully saturated rings. The summed E-state index contributed by atoms with van der Waals surface area (Å²) in [6.45, 7) is 6.21. The molecule has 1 aliphatic heterocycles. The van der Waals surface area contributed by atoms with Crippen molar-refractivity contribution in [3.63, 3.8) is 0 Å². The molecule has 0 aromatic rings. The summed E-state index contributed by atoms with van der Waals surface area (Å²) < 4.78 is 0. The maximum Gasteiger partial charge on any atom is 0.0431 e. The minimum atomic E-state index is 0.344. The lowest BCUT2D eigenvalue weighted by Gasteiger charge is -2.18.